The molecule has 2 aromatic heterocycles. The summed E-state index contributed by atoms with van der Waals surface area (Å²) >= 11 is 6.12. The number of nitrogens with zero attached hydrogens (tertiary/aromatic N) is 2. The van der Waals surface area contributed by atoms with E-state index in [-0.39, 0.29) is 0 Å². The van der Waals surface area contributed by atoms with E-state index in [2.05, 4.69) is 15.0 Å². The number of hydrogen-bond acceptors (Lipinski definition) is 3. The van der Waals surface area contributed by atoms with Gasteiger partial charge in [-0.05, 0) is 17.7 Å². The number of aromatic amines is 1. The molecule has 3 aromatic rings. The zero-order valence-corrected chi connectivity index (χ0v) is 10.4. The molecular formula is C13H10ClN3O. The molecule has 0 aliphatic carbocycles. The van der Waals surface area contributed by atoms with Crippen molar-refractivity contribution in [3.63, 3.8) is 0 Å². The Morgan fingerprint density at radius 1 is 1.28 bits per heavy atom. The second kappa shape index (κ2) is 4.31. The van der Waals surface area contributed by atoms with E-state index >= 15 is 0 Å². The number of rotatable bonds is 2. The fourth-order valence-corrected chi connectivity index (χ4v) is 2.18. The molecule has 0 saturated heterocycles. The summed E-state index contributed by atoms with van der Waals surface area (Å²) in [6, 6.07) is 7.78. The first-order valence-corrected chi connectivity index (χ1v) is 5.79. The van der Waals surface area contributed by atoms with Crippen molar-refractivity contribution in [1.29, 1.82) is 0 Å². The Hall–Kier alpha value is -2.07. The summed E-state index contributed by atoms with van der Waals surface area (Å²) in [7, 11) is 1.64. The third kappa shape index (κ3) is 1.71. The number of hydrogen-bond donors (Lipinski definition) is 1. The SMILES string of the molecule is COc1cccc(-c2c[nH]c3ncnc(Cl)c23)c1. The lowest BCUT2D eigenvalue weighted by molar-refractivity contribution is 0.415. The summed E-state index contributed by atoms with van der Waals surface area (Å²) in [5, 5.41) is 1.27. The molecule has 4 nitrogen and oxygen atoms in total. The molecule has 0 radical (unpaired) electrons. The van der Waals surface area contributed by atoms with Gasteiger partial charge in [0.1, 0.15) is 22.9 Å². The van der Waals surface area contributed by atoms with E-state index in [0.29, 0.717) is 5.15 Å². The monoisotopic (exact) mass is 259 g/mol. The second-order valence-corrected chi connectivity index (χ2v) is 4.18. The molecule has 3 rings (SSSR count). The van der Waals surface area contributed by atoms with Crippen LogP contribution in [0.4, 0.5) is 0 Å². The summed E-state index contributed by atoms with van der Waals surface area (Å²) in [4.78, 5) is 11.2. The van der Waals surface area contributed by atoms with Gasteiger partial charge in [-0.3, -0.25) is 0 Å². The van der Waals surface area contributed by atoms with E-state index in [4.69, 9.17) is 16.3 Å². The van der Waals surface area contributed by atoms with Crippen LogP contribution in [0.3, 0.4) is 0 Å². The van der Waals surface area contributed by atoms with Gasteiger partial charge in [-0.1, -0.05) is 23.7 Å². The predicted molar refractivity (Wildman–Crippen MR) is 70.9 cm³/mol. The standard InChI is InChI=1S/C13H10ClN3O/c1-18-9-4-2-3-8(5-9)10-6-15-13-11(10)12(14)16-7-17-13/h2-7H,1H3,(H,15,16,17). The van der Waals surface area contributed by atoms with Gasteiger partial charge in [0.25, 0.3) is 0 Å². The van der Waals surface area contributed by atoms with Crippen LogP contribution in [0.1, 0.15) is 0 Å². The van der Waals surface area contributed by atoms with Crippen LogP contribution in [-0.4, -0.2) is 22.1 Å². The number of H-pyrrole nitrogens is 1. The molecule has 0 aliphatic heterocycles. The maximum atomic E-state index is 6.12. The van der Waals surface area contributed by atoms with Crippen molar-refractivity contribution in [2.45, 2.75) is 0 Å². The molecule has 1 aromatic carbocycles. The number of aromatic nitrogens is 3. The van der Waals surface area contributed by atoms with Crippen LogP contribution in [0.5, 0.6) is 5.75 Å². The number of ether oxygens (including phenoxy) is 1. The Morgan fingerprint density at radius 3 is 3.00 bits per heavy atom. The second-order valence-electron chi connectivity index (χ2n) is 3.82. The van der Waals surface area contributed by atoms with Crippen LogP contribution in [-0.2, 0) is 0 Å². The van der Waals surface area contributed by atoms with Crippen molar-refractivity contribution >= 4 is 22.6 Å². The van der Waals surface area contributed by atoms with Crippen molar-refractivity contribution in [3.05, 3.63) is 41.9 Å². The molecule has 0 spiro atoms. The average molecular weight is 260 g/mol. The Bertz CT molecular complexity index is 708. The van der Waals surface area contributed by atoms with E-state index in [0.717, 1.165) is 27.9 Å². The minimum Gasteiger partial charge on any atom is -0.497 e. The number of fused-ring (bicyclic) bond motifs is 1. The van der Waals surface area contributed by atoms with Crippen molar-refractivity contribution < 1.29 is 4.74 Å². The fraction of sp³-hybridized carbons (Fsp3) is 0.0769. The van der Waals surface area contributed by atoms with Gasteiger partial charge in [-0.2, -0.15) is 0 Å². The molecule has 0 aliphatic rings. The Balaban J connectivity index is 2.25. The number of methoxy groups -OCH3 is 1. The van der Waals surface area contributed by atoms with Crippen LogP contribution in [0.15, 0.2) is 36.8 Å². The van der Waals surface area contributed by atoms with Crippen LogP contribution in [0.25, 0.3) is 22.2 Å². The molecule has 0 atom stereocenters. The first kappa shape index (κ1) is 11.0. The molecule has 0 bridgehead atoms. The normalized spacial score (nSPS) is 10.8. The van der Waals surface area contributed by atoms with Gasteiger partial charge < -0.3 is 9.72 Å². The molecule has 90 valence electrons. The van der Waals surface area contributed by atoms with E-state index in [1.54, 1.807) is 7.11 Å². The van der Waals surface area contributed by atoms with Crippen LogP contribution in [0.2, 0.25) is 5.15 Å². The highest BCUT2D eigenvalue weighted by Gasteiger charge is 2.11. The molecule has 18 heavy (non-hydrogen) atoms. The minimum absolute atomic E-state index is 0.444. The molecule has 0 amide bonds. The van der Waals surface area contributed by atoms with E-state index in [9.17, 15) is 0 Å². The maximum absolute atomic E-state index is 6.12. The summed E-state index contributed by atoms with van der Waals surface area (Å²) < 4.78 is 5.22. The zero-order valence-electron chi connectivity index (χ0n) is 9.64. The van der Waals surface area contributed by atoms with Gasteiger partial charge in [0.15, 0.2) is 0 Å². The summed E-state index contributed by atoms with van der Waals surface area (Å²) in [6.45, 7) is 0. The molecule has 0 unspecified atom stereocenters. The highest BCUT2D eigenvalue weighted by molar-refractivity contribution is 6.35. The van der Waals surface area contributed by atoms with Crippen molar-refractivity contribution in [1.82, 2.24) is 15.0 Å². The summed E-state index contributed by atoms with van der Waals surface area (Å²) in [5.74, 6) is 0.801. The molecule has 2 heterocycles. The third-order valence-electron chi connectivity index (χ3n) is 2.80. The lowest BCUT2D eigenvalue weighted by Gasteiger charge is -2.03. The van der Waals surface area contributed by atoms with Gasteiger partial charge in [0.2, 0.25) is 0 Å². The van der Waals surface area contributed by atoms with Gasteiger partial charge in [0.05, 0.1) is 12.5 Å². The van der Waals surface area contributed by atoms with Crippen molar-refractivity contribution in [2.24, 2.45) is 0 Å². The van der Waals surface area contributed by atoms with Crippen LogP contribution >= 0.6 is 11.6 Å². The molecule has 1 N–H and O–H groups in total. The highest BCUT2D eigenvalue weighted by atomic mass is 35.5. The van der Waals surface area contributed by atoms with E-state index in [1.807, 2.05) is 30.5 Å². The first-order chi connectivity index (χ1) is 8.79. The Labute approximate surface area is 109 Å². The van der Waals surface area contributed by atoms with Crippen molar-refractivity contribution in [2.75, 3.05) is 7.11 Å². The number of benzene rings is 1. The lowest BCUT2D eigenvalue weighted by Crippen LogP contribution is -1.84. The minimum atomic E-state index is 0.444. The summed E-state index contributed by atoms with van der Waals surface area (Å²) in [5.41, 5.74) is 2.71. The van der Waals surface area contributed by atoms with E-state index < -0.39 is 0 Å². The average Bonchev–Trinajstić information content (AvgIpc) is 2.84. The zero-order chi connectivity index (χ0) is 12.5. The van der Waals surface area contributed by atoms with Gasteiger partial charge in [-0.15, -0.1) is 0 Å². The predicted octanol–water partition coefficient (Wildman–Crippen LogP) is 3.29. The molecule has 0 fully saturated rings. The quantitative estimate of drug-likeness (QED) is 0.719. The number of nitrogens with one attached hydrogen (secondary N) is 1. The Kier molecular flexibility index (Phi) is 2.64. The van der Waals surface area contributed by atoms with Gasteiger partial charge >= 0.3 is 0 Å². The maximum Gasteiger partial charge on any atom is 0.142 e. The van der Waals surface area contributed by atoms with Gasteiger partial charge in [0, 0.05) is 11.8 Å². The lowest BCUT2D eigenvalue weighted by atomic mass is 10.1. The van der Waals surface area contributed by atoms with E-state index in [1.165, 1.54) is 6.33 Å². The molecular weight excluding hydrogens is 250 g/mol. The number of halogens is 1. The van der Waals surface area contributed by atoms with Crippen LogP contribution < -0.4 is 4.74 Å². The highest BCUT2D eigenvalue weighted by Crippen LogP contribution is 2.32. The topological polar surface area (TPSA) is 50.8 Å². The molecule has 0 saturated carbocycles. The third-order valence-corrected chi connectivity index (χ3v) is 3.09. The van der Waals surface area contributed by atoms with Crippen molar-refractivity contribution in [3.8, 4) is 16.9 Å². The van der Waals surface area contributed by atoms with Gasteiger partial charge in [-0.25, -0.2) is 9.97 Å². The smallest absolute Gasteiger partial charge is 0.142 e. The molecule has 5 heteroatoms. The summed E-state index contributed by atoms with van der Waals surface area (Å²) in [6.07, 6.45) is 3.32. The Morgan fingerprint density at radius 2 is 2.17 bits per heavy atom. The van der Waals surface area contributed by atoms with Crippen LogP contribution in [0, 0.1) is 0 Å². The fourth-order valence-electron chi connectivity index (χ4n) is 1.94. The first-order valence-electron chi connectivity index (χ1n) is 5.41. The largest absolute Gasteiger partial charge is 0.497 e.